The first-order valence-electron chi connectivity index (χ1n) is 7.75. The number of Topliss-reactive ketones (excluding diaryl/α,β-unsaturated/α-hetero) is 1. The highest BCUT2D eigenvalue weighted by molar-refractivity contribution is 5.94. The summed E-state index contributed by atoms with van der Waals surface area (Å²) in [5, 5.41) is 0. The minimum Gasteiger partial charge on any atom is -0.491 e. The summed E-state index contributed by atoms with van der Waals surface area (Å²) in [4.78, 5) is 23.4. The predicted molar refractivity (Wildman–Crippen MR) is 94.7 cm³/mol. The lowest BCUT2D eigenvalue weighted by molar-refractivity contribution is 0.0734. The summed E-state index contributed by atoms with van der Waals surface area (Å²) in [7, 11) is 1.60. The van der Waals surface area contributed by atoms with E-state index < -0.39 is 5.97 Å². The Morgan fingerprint density at radius 1 is 0.880 bits per heavy atom. The van der Waals surface area contributed by atoms with E-state index in [9.17, 15) is 9.59 Å². The standard InChI is InChI=1S/C20H20O5/c1-14(21)16-8-10-19(11-9-16)25-20(22)18-6-4-17(5-7-18)15(2)24-13-12-23-3/h4-11H,2,12-13H2,1,3H3. The smallest absolute Gasteiger partial charge is 0.343 e. The lowest BCUT2D eigenvalue weighted by Gasteiger charge is -2.09. The Morgan fingerprint density at radius 2 is 1.44 bits per heavy atom. The minimum absolute atomic E-state index is 0.0404. The summed E-state index contributed by atoms with van der Waals surface area (Å²) in [5.74, 6) is 0.373. The maximum atomic E-state index is 12.2. The molecule has 0 aliphatic carbocycles. The molecule has 0 heterocycles. The second-order valence-corrected chi connectivity index (χ2v) is 5.31. The summed E-state index contributed by atoms with van der Waals surface area (Å²) >= 11 is 0. The summed E-state index contributed by atoms with van der Waals surface area (Å²) in [5.41, 5.74) is 1.75. The number of benzene rings is 2. The summed E-state index contributed by atoms with van der Waals surface area (Å²) in [6.45, 7) is 6.21. The molecule has 0 atom stereocenters. The molecule has 25 heavy (non-hydrogen) atoms. The fraction of sp³-hybridized carbons (Fsp3) is 0.200. The van der Waals surface area contributed by atoms with E-state index in [1.54, 1.807) is 55.6 Å². The van der Waals surface area contributed by atoms with Crippen LogP contribution in [0, 0.1) is 0 Å². The van der Waals surface area contributed by atoms with Crippen molar-refractivity contribution in [3.8, 4) is 5.75 Å². The zero-order valence-electron chi connectivity index (χ0n) is 14.3. The molecule has 0 amide bonds. The van der Waals surface area contributed by atoms with Gasteiger partial charge in [-0.05, 0) is 43.3 Å². The molecule has 0 aliphatic rings. The van der Waals surface area contributed by atoms with Gasteiger partial charge in [0.25, 0.3) is 0 Å². The summed E-state index contributed by atoms with van der Waals surface area (Å²) < 4.78 is 15.6. The average Bonchev–Trinajstić information content (AvgIpc) is 2.62. The van der Waals surface area contributed by atoms with E-state index in [2.05, 4.69) is 6.58 Å². The van der Waals surface area contributed by atoms with Crippen LogP contribution < -0.4 is 4.74 Å². The Balaban J connectivity index is 1.97. The van der Waals surface area contributed by atoms with Gasteiger partial charge in [-0.1, -0.05) is 18.7 Å². The van der Waals surface area contributed by atoms with Crippen molar-refractivity contribution in [2.45, 2.75) is 6.92 Å². The molecular weight excluding hydrogens is 320 g/mol. The van der Waals surface area contributed by atoms with Crippen LogP contribution in [-0.4, -0.2) is 32.1 Å². The van der Waals surface area contributed by atoms with Crippen molar-refractivity contribution in [1.82, 2.24) is 0 Å². The van der Waals surface area contributed by atoms with Crippen molar-refractivity contribution in [2.24, 2.45) is 0 Å². The molecule has 2 rings (SSSR count). The van der Waals surface area contributed by atoms with Gasteiger partial charge in [0.05, 0.1) is 12.2 Å². The number of hydrogen-bond acceptors (Lipinski definition) is 5. The molecule has 0 bridgehead atoms. The van der Waals surface area contributed by atoms with Crippen molar-refractivity contribution in [3.63, 3.8) is 0 Å². The van der Waals surface area contributed by atoms with E-state index >= 15 is 0 Å². The predicted octanol–water partition coefficient (Wildman–Crippen LogP) is 3.74. The molecule has 0 spiro atoms. The quantitative estimate of drug-likeness (QED) is 0.241. The molecule has 0 saturated carbocycles. The van der Waals surface area contributed by atoms with E-state index in [4.69, 9.17) is 14.2 Å². The molecule has 5 nitrogen and oxygen atoms in total. The summed E-state index contributed by atoms with van der Waals surface area (Å²) in [6, 6.07) is 13.2. The van der Waals surface area contributed by atoms with Crippen LogP contribution in [0.2, 0.25) is 0 Å². The van der Waals surface area contributed by atoms with Gasteiger partial charge >= 0.3 is 5.97 Å². The van der Waals surface area contributed by atoms with Gasteiger partial charge < -0.3 is 14.2 Å². The molecular formula is C20H20O5. The SMILES string of the molecule is C=C(OCCOC)c1ccc(C(=O)Oc2ccc(C(C)=O)cc2)cc1. The molecule has 130 valence electrons. The van der Waals surface area contributed by atoms with E-state index in [0.29, 0.717) is 35.8 Å². The second kappa shape index (κ2) is 8.80. The number of carbonyl (C=O) groups is 2. The van der Waals surface area contributed by atoms with Gasteiger partial charge in [-0.25, -0.2) is 4.79 Å². The maximum absolute atomic E-state index is 12.2. The maximum Gasteiger partial charge on any atom is 0.343 e. The first-order valence-corrected chi connectivity index (χ1v) is 7.75. The number of esters is 1. The highest BCUT2D eigenvalue weighted by Gasteiger charge is 2.10. The fourth-order valence-electron chi connectivity index (χ4n) is 2.05. The van der Waals surface area contributed by atoms with Crippen molar-refractivity contribution >= 4 is 17.5 Å². The molecule has 0 aliphatic heterocycles. The van der Waals surface area contributed by atoms with Crippen molar-refractivity contribution in [1.29, 1.82) is 0 Å². The second-order valence-electron chi connectivity index (χ2n) is 5.31. The summed E-state index contributed by atoms with van der Waals surface area (Å²) in [6.07, 6.45) is 0. The van der Waals surface area contributed by atoms with Crippen LogP contribution in [0.1, 0.15) is 33.2 Å². The molecule has 5 heteroatoms. The molecule has 0 saturated heterocycles. The van der Waals surface area contributed by atoms with Crippen LogP contribution in [0.4, 0.5) is 0 Å². The van der Waals surface area contributed by atoms with E-state index in [0.717, 1.165) is 5.56 Å². The average molecular weight is 340 g/mol. The lowest BCUT2D eigenvalue weighted by Crippen LogP contribution is -2.08. The number of ether oxygens (including phenoxy) is 3. The molecule has 0 radical (unpaired) electrons. The fourth-order valence-corrected chi connectivity index (χ4v) is 2.05. The molecule has 2 aromatic rings. The minimum atomic E-state index is -0.479. The van der Waals surface area contributed by atoms with Crippen molar-refractivity contribution < 1.29 is 23.8 Å². The Labute approximate surface area is 146 Å². The zero-order chi connectivity index (χ0) is 18.2. The normalized spacial score (nSPS) is 10.2. The highest BCUT2D eigenvalue weighted by Crippen LogP contribution is 2.17. The molecule has 0 unspecified atom stereocenters. The van der Waals surface area contributed by atoms with Crippen LogP contribution in [0.25, 0.3) is 5.76 Å². The number of ketones is 1. The molecule has 2 aromatic carbocycles. The van der Waals surface area contributed by atoms with E-state index in [1.807, 2.05) is 0 Å². The Bertz CT molecular complexity index is 745. The van der Waals surface area contributed by atoms with Gasteiger partial charge in [0.1, 0.15) is 18.1 Å². The number of rotatable bonds is 8. The Morgan fingerprint density at radius 3 is 2.00 bits per heavy atom. The lowest BCUT2D eigenvalue weighted by atomic mass is 10.1. The van der Waals surface area contributed by atoms with Gasteiger partial charge in [-0.3, -0.25) is 4.79 Å². The van der Waals surface area contributed by atoms with E-state index in [-0.39, 0.29) is 5.78 Å². The van der Waals surface area contributed by atoms with E-state index in [1.165, 1.54) is 6.92 Å². The van der Waals surface area contributed by atoms with Crippen LogP contribution >= 0.6 is 0 Å². The topological polar surface area (TPSA) is 61.8 Å². The molecule has 0 N–H and O–H groups in total. The van der Waals surface area contributed by atoms with Gasteiger partial charge in [-0.15, -0.1) is 0 Å². The highest BCUT2D eigenvalue weighted by atomic mass is 16.5. The van der Waals surface area contributed by atoms with Gasteiger partial charge in [0.15, 0.2) is 5.78 Å². The van der Waals surface area contributed by atoms with Crippen molar-refractivity contribution in [2.75, 3.05) is 20.3 Å². The number of methoxy groups -OCH3 is 1. The zero-order valence-corrected chi connectivity index (χ0v) is 14.3. The van der Waals surface area contributed by atoms with Gasteiger partial charge in [-0.2, -0.15) is 0 Å². The number of carbonyl (C=O) groups excluding carboxylic acids is 2. The van der Waals surface area contributed by atoms with Gasteiger partial charge in [0, 0.05) is 18.2 Å². The third kappa shape index (κ3) is 5.29. The van der Waals surface area contributed by atoms with Crippen molar-refractivity contribution in [3.05, 3.63) is 71.8 Å². The Hall–Kier alpha value is -2.92. The van der Waals surface area contributed by atoms with Crippen LogP contribution in [0.15, 0.2) is 55.1 Å². The first kappa shape index (κ1) is 18.4. The van der Waals surface area contributed by atoms with Gasteiger partial charge in [0.2, 0.25) is 0 Å². The third-order valence-corrected chi connectivity index (χ3v) is 3.48. The monoisotopic (exact) mass is 340 g/mol. The third-order valence-electron chi connectivity index (χ3n) is 3.48. The largest absolute Gasteiger partial charge is 0.491 e. The number of hydrogen-bond donors (Lipinski definition) is 0. The van der Waals surface area contributed by atoms with Crippen LogP contribution in [-0.2, 0) is 9.47 Å². The Kier molecular flexibility index (Phi) is 6.48. The van der Waals surface area contributed by atoms with Crippen LogP contribution in [0.3, 0.4) is 0 Å². The molecule has 0 fully saturated rings. The molecule has 0 aromatic heterocycles. The first-order chi connectivity index (χ1) is 12.0. The van der Waals surface area contributed by atoms with Crippen LogP contribution in [0.5, 0.6) is 5.75 Å².